The maximum Gasteiger partial charge on any atom is 0.472 e. The maximum atomic E-state index is 14.5. The molecule has 0 aromatic rings. The molecule has 0 bridgehead atoms. The van der Waals surface area contributed by atoms with Crippen LogP contribution in [0.1, 0.15) is 168 Å². The van der Waals surface area contributed by atoms with E-state index < -0.39 is 262 Å². The minimum atomic E-state index is -5.86. The monoisotopic (exact) mass is 1640 g/mol. The second-order valence-electron chi connectivity index (χ2n) is 29.3. The van der Waals surface area contributed by atoms with Crippen molar-refractivity contribution in [3.8, 4) is 0 Å². The van der Waals surface area contributed by atoms with Crippen LogP contribution in [0.25, 0.3) is 0 Å². The van der Waals surface area contributed by atoms with Gasteiger partial charge in [0.15, 0.2) is 37.6 Å². The lowest BCUT2D eigenvalue weighted by molar-refractivity contribution is -0.365. The first-order chi connectivity index (χ1) is 53.5. The van der Waals surface area contributed by atoms with Crippen LogP contribution >= 0.6 is 7.82 Å². The molecule has 1 aliphatic carbocycles. The van der Waals surface area contributed by atoms with Crippen LogP contribution in [-0.2, 0) is 80.0 Å². The topological polar surface area (TPSA) is 605 Å². The molecule has 14 unspecified atom stereocenters. The number of ether oxygens (including phenoxy) is 12. The van der Waals surface area contributed by atoms with Gasteiger partial charge >= 0.3 is 19.8 Å². The number of hydrogen-bond acceptors (Lipinski definition) is 37. The van der Waals surface area contributed by atoms with E-state index in [-0.39, 0.29) is 12.8 Å². The van der Waals surface area contributed by atoms with Crippen molar-refractivity contribution >= 4 is 19.8 Å². The highest BCUT2D eigenvalue weighted by atomic mass is 31.2. The zero-order valence-electron chi connectivity index (χ0n) is 63.6. The minimum absolute atomic E-state index is 0.0357. The fourth-order valence-electron chi connectivity index (χ4n) is 13.5. The van der Waals surface area contributed by atoms with Crippen LogP contribution < -0.4 is 0 Å². The summed E-state index contributed by atoms with van der Waals surface area (Å²) in [5, 5.41) is 217. The van der Waals surface area contributed by atoms with Gasteiger partial charge in [0.1, 0.15) is 165 Å². The molecule has 0 aromatic heterocycles. The Balaban J connectivity index is 1.14. The molecule has 0 amide bonds. The van der Waals surface area contributed by atoms with Gasteiger partial charge in [0.05, 0.1) is 39.6 Å². The summed E-state index contributed by atoms with van der Waals surface area (Å²) in [7, 11) is -5.86. The van der Waals surface area contributed by atoms with Crippen LogP contribution in [0.5, 0.6) is 0 Å². The van der Waals surface area contributed by atoms with E-state index in [0.29, 0.717) is 25.7 Å². The van der Waals surface area contributed by atoms with Crippen molar-refractivity contribution < 1.29 is 187 Å². The number of carbonyl (C=O) groups is 2. The van der Waals surface area contributed by atoms with E-state index in [9.17, 15) is 121 Å². The van der Waals surface area contributed by atoms with Crippen LogP contribution in [0.4, 0.5) is 0 Å². The van der Waals surface area contributed by atoms with Gasteiger partial charge in [-0.3, -0.25) is 18.6 Å². The predicted molar refractivity (Wildman–Crippen MR) is 384 cm³/mol. The lowest BCUT2D eigenvalue weighted by Crippen LogP contribution is -2.69. The Morgan fingerprint density at radius 2 is 0.688 bits per heavy atom. The van der Waals surface area contributed by atoms with Gasteiger partial charge in [0, 0.05) is 12.8 Å². The molecule has 21 N–H and O–H groups in total. The molecule has 39 heteroatoms. The Kier molecular flexibility index (Phi) is 44.5. The Hall–Kier alpha value is -2.93. The zero-order chi connectivity index (χ0) is 82.2. The summed E-state index contributed by atoms with van der Waals surface area (Å²) < 4.78 is 92.8. The number of hydrogen-bond donors (Lipinski definition) is 21. The largest absolute Gasteiger partial charge is 0.472 e. The SMILES string of the molecule is CCC/C=C\C/C=C\CCCCCCCC(=O)O[C@H](COC(=O)CCCCCCC/C=C\CCCCCCCC)COP(=O)(O)O[C@@H]1C(O[C@@H]2OC(CO[C@@H]3OC(CO[C@@H]4OC(CO[C@@H]5OC(CO)[C@H](O)C(O)[C@@H]5O)[C@H](O)C(O)[C@@H]4O)[C@H](O)C(O)[C@@H]3O)[C@H](O)C(O)[C@@H]2O)C(O)[C@@H](O)C(O)[C@H]1O[C@H]1OC(CO)[C@@H](O)C(O)[C@H]1O. The number of esters is 2. The molecule has 6 rings (SSSR count). The number of carbonyl (C=O) groups excluding carboxylic acids is 2. The first-order valence-corrected chi connectivity index (χ1v) is 40.9. The number of phosphoric ester groups is 1. The van der Waals surface area contributed by atoms with Crippen molar-refractivity contribution in [2.45, 2.75) is 364 Å². The third kappa shape index (κ3) is 30.1. The van der Waals surface area contributed by atoms with Crippen LogP contribution in [0, 0.1) is 0 Å². The van der Waals surface area contributed by atoms with Gasteiger partial charge in [-0.25, -0.2) is 4.57 Å². The van der Waals surface area contributed by atoms with Crippen molar-refractivity contribution in [3.63, 3.8) is 0 Å². The van der Waals surface area contributed by atoms with Crippen molar-refractivity contribution in [2.75, 3.05) is 46.2 Å². The van der Waals surface area contributed by atoms with Gasteiger partial charge in [0.25, 0.3) is 0 Å². The van der Waals surface area contributed by atoms with Crippen molar-refractivity contribution in [2.24, 2.45) is 0 Å². The zero-order valence-corrected chi connectivity index (χ0v) is 64.5. The van der Waals surface area contributed by atoms with Gasteiger partial charge in [-0.2, -0.15) is 0 Å². The molecule has 112 heavy (non-hydrogen) atoms. The average Bonchev–Trinajstić information content (AvgIpc) is 0.759. The minimum Gasteiger partial charge on any atom is -0.462 e. The molecule has 5 heterocycles. The van der Waals surface area contributed by atoms with Gasteiger partial charge in [0.2, 0.25) is 0 Å². The van der Waals surface area contributed by atoms with Crippen molar-refractivity contribution in [3.05, 3.63) is 36.5 Å². The molecule has 0 aromatic carbocycles. The number of phosphoric acid groups is 1. The average molecular weight is 1640 g/mol. The summed E-state index contributed by atoms with van der Waals surface area (Å²) in [6, 6.07) is 0. The summed E-state index contributed by atoms with van der Waals surface area (Å²) in [6.07, 6.45) is -33.2. The van der Waals surface area contributed by atoms with Crippen molar-refractivity contribution in [1.82, 2.24) is 0 Å². The molecule has 33 atom stereocenters. The predicted octanol–water partition coefficient (Wildman–Crippen LogP) is -3.05. The summed E-state index contributed by atoms with van der Waals surface area (Å²) in [5.41, 5.74) is 0. The molecular formula is C73H127O38P. The van der Waals surface area contributed by atoms with E-state index in [2.05, 4.69) is 50.3 Å². The Labute approximate surface area is 651 Å². The number of aliphatic hydroxyl groups excluding tert-OH is 20. The van der Waals surface area contributed by atoms with Gasteiger partial charge < -0.3 is 164 Å². The second-order valence-corrected chi connectivity index (χ2v) is 30.8. The molecule has 5 aliphatic heterocycles. The number of unbranched alkanes of at least 4 members (excludes halogenated alkanes) is 17. The van der Waals surface area contributed by atoms with Crippen molar-refractivity contribution in [1.29, 1.82) is 0 Å². The highest BCUT2D eigenvalue weighted by molar-refractivity contribution is 7.47. The first kappa shape index (κ1) is 97.9. The second kappa shape index (κ2) is 50.9. The van der Waals surface area contributed by atoms with Crippen LogP contribution in [0.3, 0.4) is 0 Å². The van der Waals surface area contributed by atoms with Crippen LogP contribution in [0.2, 0.25) is 0 Å². The lowest BCUT2D eigenvalue weighted by atomic mass is 9.84. The number of rotatable bonds is 50. The quantitative estimate of drug-likeness (QED) is 0.0125. The van der Waals surface area contributed by atoms with E-state index >= 15 is 0 Å². The molecule has 38 nitrogen and oxygen atoms in total. The number of aliphatic hydroxyl groups is 20. The fourth-order valence-corrected chi connectivity index (χ4v) is 14.4. The molecule has 1 saturated carbocycles. The summed E-state index contributed by atoms with van der Waals surface area (Å²) in [4.78, 5) is 38.3. The highest BCUT2D eigenvalue weighted by Gasteiger charge is 2.59. The van der Waals surface area contributed by atoms with Gasteiger partial charge in [-0.05, 0) is 64.2 Å². The van der Waals surface area contributed by atoms with E-state index in [0.717, 1.165) is 77.0 Å². The summed E-state index contributed by atoms with van der Waals surface area (Å²) >= 11 is 0. The third-order valence-corrected chi connectivity index (χ3v) is 21.4. The highest BCUT2D eigenvalue weighted by Crippen LogP contribution is 2.49. The number of allylic oxidation sites excluding steroid dienone is 6. The summed E-state index contributed by atoms with van der Waals surface area (Å²) in [6.45, 7) is -2.02. The van der Waals surface area contributed by atoms with E-state index in [1.54, 1.807) is 0 Å². The standard InChI is InChI=1S/C73H127O38P/c1-3-5-7-9-11-13-15-17-18-20-21-23-25-27-29-31-46(76)98-35-40(103-47(77)32-30-28-26-24-22-19-16-14-12-10-8-6-4-2)36-102-112(96,97)111-68-66(109-72-64(94)54(84)49(79)42(34-75)105-72)59(89)58(88)60(90)67(68)110-73-65(95)57(87)52(82)45(108-73)39-101-71-63(93)56(86)51(81)44(107-71)38-100-70-62(92)55(85)50(80)43(106-70)37-99-69-61(91)53(83)48(78)41(33-74)104-69/h8,10,14,16-18,40-45,48-75,78-95H,3-7,9,11-13,15,19-39H2,1-2H3,(H,96,97)/b10-8-,16-14-,18-17-/t40-,41?,42?,43?,44?,45?,48+,49-,50+,51+,52+,53?,54?,55?,56?,57?,58+,59?,60?,61+,62+,63+,64-,65+,66-,67?,68+,69-,70-,71-,72-,73+/m1/s1. The Bertz CT molecular complexity index is 2740. The smallest absolute Gasteiger partial charge is 0.462 e. The Morgan fingerprint density at radius 1 is 0.357 bits per heavy atom. The molecule has 5 saturated heterocycles. The maximum absolute atomic E-state index is 14.5. The molecular weight excluding hydrogens is 1520 g/mol. The lowest BCUT2D eigenvalue weighted by Gasteiger charge is -2.49. The molecule has 6 fully saturated rings. The molecule has 652 valence electrons. The normalized spacial score (nSPS) is 38.4. The summed E-state index contributed by atoms with van der Waals surface area (Å²) in [5.74, 6) is -1.51. The molecule has 0 spiro atoms. The molecule has 0 radical (unpaired) electrons. The molecule has 6 aliphatic rings. The Morgan fingerprint density at radius 3 is 1.10 bits per heavy atom. The van der Waals surface area contributed by atoms with Crippen LogP contribution in [0.15, 0.2) is 36.5 Å². The van der Waals surface area contributed by atoms with Gasteiger partial charge in [-0.15, -0.1) is 0 Å². The van der Waals surface area contributed by atoms with Crippen LogP contribution in [-0.4, -0.2) is 361 Å². The van der Waals surface area contributed by atoms with Gasteiger partial charge in [-0.1, -0.05) is 127 Å². The fraction of sp³-hybridized carbons (Fsp3) is 0.890. The van der Waals surface area contributed by atoms with E-state index in [1.165, 1.54) is 38.5 Å². The first-order valence-electron chi connectivity index (χ1n) is 39.4. The third-order valence-electron chi connectivity index (χ3n) is 20.4. The van der Waals surface area contributed by atoms with E-state index in [1.807, 2.05) is 0 Å². The van der Waals surface area contributed by atoms with E-state index in [4.69, 9.17) is 65.9 Å².